The number of carbonyl (C=O) groups is 1. The van der Waals surface area contributed by atoms with Gasteiger partial charge in [-0.2, -0.15) is 4.98 Å². The van der Waals surface area contributed by atoms with Gasteiger partial charge in [-0.15, -0.1) is 5.10 Å². The summed E-state index contributed by atoms with van der Waals surface area (Å²) in [6, 6.07) is 11.4. The highest BCUT2D eigenvalue weighted by atomic mass is 79.9. The van der Waals surface area contributed by atoms with Gasteiger partial charge in [0, 0.05) is 11.4 Å². The molecule has 0 spiro atoms. The summed E-state index contributed by atoms with van der Waals surface area (Å²) in [5.74, 6) is 2.04. The minimum absolute atomic E-state index is 0.388. The number of ether oxygens (including phenoxy) is 2. The summed E-state index contributed by atoms with van der Waals surface area (Å²) >= 11 is 5.21. The van der Waals surface area contributed by atoms with Gasteiger partial charge < -0.3 is 20.5 Å². The second-order valence-electron chi connectivity index (χ2n) is 8.25. The molecule has 0 aliphatic carbocycles. The topological polar surface area (TPSA) is 104 Å². The fourth-order valence-corrected chi connectivity index (χ4v) is 5.15. The van der Waals surface area contributed by atoms with Crippen LogP contribution in [0.1, 0.15) is 43.0 Å². The number of nitrogens with one attached hydrogen (secondary N) is 1. The number of allylic oxidation sites excluding steroid dienone is 1. The number of methoxy groups -OCH3 is 1. The SMILES string of the molecule is CCCSc1nc2n(n1)C(c1cc(Br)c(OCc3ccc(C)cc3)c(OC)c1)C(C(N)=O)=C(C)N2. The normalized spacial score (nSPS) is 14.9. The van der Waals surface area contributed by atoms with Crippen molar-refractivity contribution in [2.75, 3.05) is 18.2 Å². The van der Waals surface area contributed by atoms with Crippen LogP contribution in [0.5, 0.6) is 11.5 Å². The van der Waals surface area contributed by atoms with Crippen LogP contribution in [0.2, 0.25) is 0 Å². The lowest BCUT2D eigenvalue weighted by Crippen LogP contribution is -2.31. The number of aryl methyl sites for hydroxylation is 1. The van der Waals surface area contributed by atoms with Gasteiger partial charge in [0.25, 0.3) is 0 Å². The van der Waals surface area contributed by atoms with Crippen LogP contribution in [0.15, 0.2) is 57.3 Å². The lowest BCUT2D eigenvalue weighted by molar-refractivity contribution is -0.115. The predicted molar refractivity (Wildman–Crippen MR) is 141 cm³/mol. The molecule has 2 aromatic carbocycles. The molecule has 1 aliphatic rings. The summed E-state index contributed by atoms with van der Waals surface area (Å²) in [6.45, 7) is 6.35. The zero-order valence-electron chi connectivity index (χ0n) is 20.1. The fraction of sp³-hybridized carbons (Fsp3) is 0.320. The summed E-state index contributed by atoms with van der Waals surface area (Å²) in [5.41, 5.74) is 9.88. The van der Waals surface area contributed by atoms with Gasteiger partial charge in [-0.3, -0.25) is 4.79 Å². The monoisotopic (exact) mass is 557 g/mol. The van der Waals surface area contributed by atoms with Crippen LogP contribution >= 0.6 is 27.7 Å². The van der Waals surface area contributed by atoms with Gasteiger partial charge in [0.1, 0.15) is 12.6 Å². The van der Waals surface area contributed by atoms with Crippen molar-refractivity contribution in [3.8, 4) is 11.5 Å². The van der Waals surface area contributed by atoms with Crippen LogP contribution in [0.25, 0.3) is 0 Å². The second-order valence-corrected chi connectivity index (χ2v) is 10.2. The van der Waals surface area contributed by atoms with Gasteiger partial charge >= 0.3 is 0 Å². The first kappa shape index (κ1) is 25.1. The molecule has 0 saturated carbocycles. The van der Waals surface area contributed by atoms with Crippen LogP contribution in [0.3, 0.4) is 0 Å². The van der Waals surface area contributed by atoms with Crippen molar-refractivity contribution in [2.45, 2.75) is 45.0 Å². The van der Waals surface area contributed by atoms with Crippen molar-refractivity contribution in [3.63, 3.8) is 0 Å². The average molecular weight is 559 g/mol. The fourth-order valence-electron chi connectivity index (χ4n) is 3.89. The number of amides is 1. The number of halogens is 1. The minimum atomic E-state index is -0.566. The number of rotatable bonds is 9. The van der Waals surface area contributed by atoms with Crippen molar-refractivity contribution < 1.29 is 14.3 Å². The lowest BCUT2D eigenvalue weighted by atomic mass is 9.95. The van der Waals surface area contributed by atoms with Crippen LogP contribution in [-0.4, -0.2) is 33.5 Å². The van der Waals surface area contributed by atoms with E-state index in [9.17, 15) is 4.79 Å². The summed E-state index contributed by atoms with van der Waals surface area (Å²) in [7, 11) is 1.59. The molecule has 3 N–H and O–H groups in total. The van der Waals surface area contributed by atoms with E-state index in [0.29, 0.717) is 45.0 Å². The Kier molecular flexibility index (Phi) is 7.71. The van der Waals surface area contributed by atoms with Crippen LogP contribution < -0.4 is 20.5 Å². The Morgan fingerprint density at radius 2 is 2.00 bits per heavy atom. The molecule has 8 nitrogen and oxygen atoms in total. The average Bonchev–Trinajstić information content (AvgIpc) is 3.23. The number of hydrogen-bond donors (Lipinski definition) is 2. The van der Waals surface area contributed by atoms with E-state index < -0.39 is 11.9 Å². The van der Waals surface area contributed by atoms with Gasteiger partial charge in [0.15, 0.2) is 11.5 Å². The predicted octanol–water partition coefficient (Wildman–Crippen LogP) is 5.21. The highest BCUT2D eigenvalue weighted by molar-refractivity contribution is 9.10. The van der Waals surface area contributed by atoms with Gasteiger partial charge in [0.2, 0.25) is 17.0 Å². The number of nitrogens with zero attached hydrogens (tertiary/aromatic N) is 3. The lowest BCUT2D eigenvalue weighted by Gasteiger charge is -2.28. The molecule has 184 valence electrons. The molecular weight excluding hydrogens is 530 g/mol. The number of nitrogens with two attached hydrogens (primary N) is 1. The van der Waals surface area contributed by atoms with Gasteiger partial charge in [-0.25, -0.2) is 4.68 Å². The number of primary amides is 1. The molecule has 0 radical (unpaired) electrons. The maximum absolute atomic E-state index is 12.5. The van der Waals surface area contributed by atoms with Gasteiger partial charge in [-0.05, 0) is 59.5 Å². The van der Waals surface area contributed by atoms with Gasteiger partial charge in [0.05, 0.1) is 17.2 Å². The Labute approximate surface area is 217 Å². The highest BCUT2D eigenvalue weighted by Gasteiger charge is 2.34. The van der Waals surface area contributed by atoms with E-state index in [0.717, 1.165) is 23.3 Å². The quantitative estimate of drug-likeness (QED) is 0.348. The van der Waals surface area contributed by atoms with E-state index in [1.807, 2.05) is 50.2 Å². The molecule has 0 bridgehead atoms. The third-order valence-corrected chi connectivity index (χ3v) is 7.24. The molecule has 1 atom stereocenters. The second kappa shape index (κ2) is 10.7. The number of benzene rings is 2. The van der Waals surface area contributed by atoms with Crippen molar-refractivity contribution in [1.29, 1.82) is 0 Å². The summed E-state index contributed by atoms with van der Waals surface area (Å²) in [4.78, 5) is 17.1. The molecule has 2 heterocycles. The Morgan fingerprint density at radius 3 is 2.66 bits per heavy atom. The van der Waals surface area contributed by atoms with Crippen LogP contribution in [0, 0.1) is 6.92 Å². The number of carbonyl (C=O) groups excluding carboxylic acids is 1. The molecule has 1 aliphatic heterocycles. The molecule has 35 heavy (non-hydrogen) atoms. The highest BCUT2D eigenvalue weighted by Crippen LogP contribution is 2.43. The molecular formula is C25H28BrN5O3S. The smallest absolute Gasteiger partial charge is 0.248 e. The first-order chi connectivity index (χ1) is 16.8. The standard InChI is InChI=1S/C25H28BrN5O3S/c1-5-10-35-25-29-24-28-15(3)20(23(27)32)21(31(24)30-25)17-11-18(26)22(19(12-17)33-4)34-13-16-8-6-14(2)7-9-16/h6-9,11-12,21H,5,10,13H2,1-4H3,(H2,27,32)(H,28,29,30). The number of fused-ring (bicyclic) bond motifs is 1. The van der Waals surface area contributed by atoms with E-state index in [2.05, 4.69) is 38.3 Å². The summed E-state index contributed by atoms with van der Waals surface area (Å²) < 4.78 is 14.2. The van der Waals surface area contributed by atoms with Crippen molar-refractivity contribution in [2.24, 2.45) is 5.73 Å². The summed E-state index contributed by atoms with van der Waals surface area (Å²) in [6.07, 6.45) is 1.00. The van der Waals surface area contributed by atoms with E-state index in [-0.39, 0.29) is 0 Å². The number of thioether (sulfide) groups is 1. The molecule has 1 aromatic heterocycles. The minimum Gasteiger partial charge on any atom is -0.493 e. The number of anilines is 1. The maximum atomic E-state index is 12.5. The first-order valence-corrected chi connectivity index (χ1v) is 13.0. The van der Waals surface area contributed by atoms with Crippen LogP contribution in [0.4, 0.5) is 5.95 Å². The van der Waals surface area contributed by atoms with E-state index in [4.69, 9.17) is 15.2 Å². The third kappa shape index (κ3) is 5.33. The maximum Gasteiger partial charge on any atom is 0.248 e. The van der Waals surface area contributed by atoms with Crippen molar-refractivity contribution >= 4 is 39.5 Å². The molecule has 0 fully saturated rings. The Balaban J connectivity index is 1.73. The molecule has 1 unspecified atom stereocenters. The summed E-state index contributed by atoms with van der Waals surface area (Å²) in [5, 5.41) is 8.49. The number of aromatic nitrogens is 3. The van der Waals surface area contributed by atoms with Crippen molar-refractivity contribution in [3.05, 3.63) is 68.8 Å². The van der Waals surface area contributed by atoms with Gasteiger partial charge in [-0.1, -0.05) is 48.5 Å². The van der Waals surface area contributed by atoms with E-state index >= 15 is 0 Å². The molecule has 3 aromatic rings. The van der Waals surface area contributed by atoms with E-state index in [1.54, 1.807) is 23.6 Å². The molecule has 1 amide bonds. The Bertz CT molecular complexity index is 1270. The molecule has 4 rings (SSSR count). The van der Waals surface area contributed by atoms with Crippen LogP contribution in [-0.2, 0) is 11.4 Å². The molecule has 0 saturated heterocycles. The Hall–Kier alpha value is -2.98. The zero-order valence-corrected chi connectivity index (χ0v) is 22.5. The zero-order chi connectivity index (χ0) is 25.1. The largest absolute Gasteiger partial charge is 0.493 e. The molecule has 10 heteroatoms. The number of hydrogen-bond acceptors (Lipinski definition) is 7. The van der Waals surface area contributed by atoms with E-state index in [1.165, 1.54) is 5.56 Å². The first-order valence-electron chi connectivity index (χ1n) is 11.2. The third-order valence-electron chi connectivity index (χ3n) is 5.61. The Morgan fingerprint density at radius 1 is 1.26 bits per heavy atom. The van der Waals surface area contributed by atoms with Crippen molar-refractivity contribution in [1.82, 2.24) is 14.8 Å².